The normalized spacial score (nSPS) is 10.7. The predicted octanol–water partition coefficient (Wildman–Crippen LogP) is 2.86. The molecular formula is C18H23N3O3. The maximum atomic E-state index is 12.6. The third-order valence-electron chi connectivity index (χ3n) is 3.75. The van der Waals surface area contributed by atoms with E-state index in [0.29, 0.717) is 29.5 Å². The predicted molar refractivity (Wildman–Crippen MR) is 93.6 cm³/mol. The first-order valence-corrected chi connectivity index (χ1v) is 7.92. The molecule has 0 atom stereocenters. The molecule has 0 aromatic carbocycles. The molecule has 2 aromatic heterocycles. The largest absolute Gasteiger partial charge is 0.495 e. The van der Waals surface area contributed by atoms with Gasteiger partial charge in [0, 0.05) is 18.8 Å². The van der Waals surface area contributed by atoms with E-state index >= 15 is 0 Å². The Balaban J connectivity index is 2.27. The van der Waals surface area contributed by atoms with Crippen LogP contribution in [0.1, 0.15) is 36.2 Å². The van der Waals surface area contributed by atoms with Gasteiger partial charge in [0.05, 0.1) is 25.2 Å². The van der Waals surface area contributed by atoms with Gasteiger partial charge in [-0.05, 0) is 30.9 Å². The minimum atomic E-state index is -0.438. The molecule has 2 aromatic rings. The summed E-state index contributed by atoms with van der Waals surface area (Å²) < 4.78 is 6.67. The zero-order valence-electron chi connectivity index (χ0n) is 14.5. The van der Waals surface area contributed by atoms with E-state index < -0.39 is 5.91 Å². The number of hydrogen-bond donors (Lipinski definition) is 1. The summed E-state index contributed by atoms with van der Waals surface area (Å²) in [5.41, 5.74) is 1.01. The van der Waals surface area contributed by atoms with Crippen molar-refractivity contribution in [2.75, 3.05) is 12.4 Å². The lowest BCUT2D eigenvalue weighted by Gasteiger charge is -2.12. The van der Waals surface area contributed by atoms with Crippen LogP contribution in [0.15, 0.2) is 35.5 Å². The number of anilines is 1. The molecule has 1 amide bonds. The van der Waals surface area contributed by atoms with Crippen LogP contribution in [-0.2, 0) is 6.54 Å². The van der Waals surface area contributed by atoms with E-state index in [2.05, 4.69) is 24.1 Å². The average molecular weight is 329 g/mol. The van der Waals surface area contributed by atoms with Crippen molar-refractivity contribution in [3.63, 3.8) is 0 Å². The zero-order valence-corrected chi connectivity index (χ0v) is 14.5. The van der Waals surface area contributed by atoms with Gasteiger partial charge in [-0.15, -0.1) is 0 Å². The maximum absolute atomic E-state index is 12.6. The fraction of sp³-hybridized carbons (Fsp3) is 0.389. The van der Waals surface area contributed by atoms with Crippen molar-refractivity contribution >= 4 is 11.6 Å². The summed E-state index contributed by atoms with van der Waals surface area (Å²) in [7, 11) is 1.53. The van der Waals surface area contributed by atoms with Gasteiger partial charge in [-0.3, -0.25) is 14.6 Å². The van der Waals surface area contributed by atoms with E-state index in [0.717, 1.165) is 6.42 Å². The van der Waals surface area contributed by atoms with Gasteiger partial charge in [-0.25, -0.2) is 0 Å². The number of ether oxygens (including phenoxy) is 1. The quantitative estimate of drug-likeness (QED) is 0.884. The highest BCUT2D eigenvalue weighted by atomic mass is 16.5. The monoisotopic (exact) mass is 329 g/mol. The Morgan fingerprint density at radius 2 is 2.12 bits per heavy atom. The molecule has 0 saturated carbocycles. The van der Waals surface area contributed by atoms with Gasteiger partial charge in [0.1, 0.15) is 11.3 Å². The average Bonchev–Trinajstić information content (AvgIpc) is 2.54. The molecule has 0 unspecified atom stereocenters. The van der Waals surface area contributed by atoms with Crippen molar-refractivity contribution in [2.24, 2.45) is 5.92 Å². The molecule has 2 heterocycles. The van der Waals surface area contributed by atoms with Crippen LogP contribution < -0.4 is 15.6 Å². The van der Waals surface area contributed by atoms with Crippen LogP contribution in [0.25, 0.3) is 0 Å². The molecule has 0 bridgehead atoms. The highest BCUT2D eigenvalue weighted by molar-refractivity contribution is 6.05. The molecule has 2 rings (SSSR count). The number of amides is 1. The summed E-state index contributed by atoms with van der Waals surface area (Å²) in [4.78, 5) is 29.2. The van der Waals surface area contributed by atoms with E-state index in [4.69, 9.17) is 4.74 Å². The van der Waals surface area contributed by atoms with Crippen molar-refractivity contribution in [1.82, 2.24) is 9.55 Å². The van der Waals surface area contributed by atoms with Gasteiger partial charge < -0.3 is 14.6 Å². The molecule has 0 radical (unpaired) electrons. The van der Waals surface area contributed by atoms with E-state index in [1.165, 1.54) is 13.3 Å². The first-order valence-electron chi connectivity index (χ1n) is 7.92. The topological polar surface area (TPSA) is 73.2 Å². The third kappa shape index (κ3) is 4.22. The number of methoxy groups -OCH3 is 1. The highest BCUT2D eigenvalue weighted by Gasteiger charge is 2.16. The summed E-state index contributed by atoms with van der Waals surface area (Å²) in [6, 6.07) is 3.45. The molecule has 24 heavy (non-hydrogen) atoms. The lowest BCUT2D eigenvalue weighted by Crippen LogP contribution is -2.30. The van der Waals surface area contributed by atoms with Crippen molar-refractivity contribution in [3.05, 3.63) is 52.2 Å². The van der Waals surface area contributed by atoms with Gasteiger partial charge in [0.2, 0.25) is 0 Å². The second kappa shape index (κ2) is 7.77. The van der Waals surface area contributed by atoms with E-state index in [1.807, 2.05) is 0 Å². The smallest absolute Gasteiger partial charge is 0.263 e. The Kier molecular flexibility index (Phi) is 5.73. The number of pyridine rings is 2. The first kappa shape index (κ1) is 17.7. The Labute approximate surface area is 141 Å². The Bertz CT molecular complexity index is 781. The van der Waals surface area contributed by atoms with Crippen LogP contribution >= 0.6 is 0 Å². The van der Waals surface area contributed by atoms with Gasteiger partial charge in [0.25, 0.3) is 11.5 Å². The summed E-state index contributed by atoms with van der Waals surface area (Å²) in [5.74, 6) is 0.580. The number of hydrogen-bond acceptors (Lipinski definition) is 4. The molecule has 0 aliphatic heterocycles. The van der Waals surface area contributed by atoms with Gasteiger partial charge >= 0.3 is 0 Å². The molecule has 0 fully saturated rings. The number of carbonyl (C=O) groups excluding carboxylic acids is 1. The summed E-state index contributed by atoms with van der Waals surface area (Å²) in [5, 5.41) is 2.71. The van der Waals surface area contributed by atoms with E-state index in [9.17, 15) is 9.59 Å². The van der Waals surface area contributed by atoms with Gasteiger partial charge in [0.15, 0.2) is 0 Å². The Morgan fingerprint density at radius 3 is 2.79 bits per heavy atom. The van der Waals surface area contributed by atoms with Crippen molar-refractivity contribution in [1.29, 1.82) is 0 Å². The molecule has 0 aliphatic carbocycles. The number of aryl methyl sites for hydroxylation is 2. The zero-order chi connectivity index (χ0) is 17.7. The molecule has 0 spiro atoms. The molecule has 1 N–H and O–H groups in total. The van der Waals surface area contributed by atoms with Crippen molar-refractivity contribution in [3.8, 4) is 5.75 Å². The summed E-state index contributed by atoms with van der Waals surface area (Å²) >= 11 is 0. The number of rotatable bonds is 6. The minimum absolute atomic E-state index is 0.157. The molecule has 128 valence electrons. The Hall–Kier alpha value is -2.63. The SMILES string of the molecule is COc1cncc(NC(=O)c2c(C)ccn(CCC(C)C)c2=O)c1. The summed E-state index contributed by atoms with van der Waals surface area (Å²) in [6.45, 7) is 6.55. The second-order valence-corrected chi connectivity index (χ2v) is 6.12. The highest BCUT2D eigenvalue weighted by Crippen LogP contribution is 2.15. The van der Waals surface area contributed by atoms with Crippen LogP contribution in [0.3, 0.4) is 0 Å². The summed E-state index contributed by atoms with van der Waals surface area (Å²) in [6.07, 6.45) is 5.67. The molecular weight excluding hydrogens is 306 g/mol. The van der Waals surface area contributed by atoms with Crippen molar-refractivity contribution in [2.45, 2.75) is 33.7 Å². The maximum Gasteiger partial charge on any atom is 0.263 e. The van der Waals surface area contributed by atoms with Crippen LogP contribution in [0.5, 0.6) is 5.75 Å². The van der Waals surface area contributed by atoms with E-state index in [-0.39, 0.29) is 11.1 Å². The van der Waals surface area contributed by atoms with Crippen LogP contribution in [0, 0.1) is 12.8 Å². The molecule has 0 saturated heterocycles. The lowest BCUT2D eigenvalue weighted by molar-refractivity contribution is 0.102. The fourth-order valence-electron chi connectivity index (χ4n) is 2.31. The van der Waals surface area contributed by atoms with Crippen LogP contribution in [-0.4, -0.2) is 22.6 Å². The lowest BCUT2D eigenvalue weighted by atomic mass is 10.1. The second-order valence-electron chi connectivity index (χ2n) is 6.12. The minimum Gasteiger partial charge on any atom is -0.495 e. The standard InChI is InChI=1S/C18H23N3O3/c1-12(2)5-7-21-8-6-13(3)16(18(21)23)17(22)20-14-9-15(24-4)11-19-10-14/h6,8-12H,5,7H2,1-4H3,(H,20,22). The van der Waals surface area contributed by atoms with Crippen LogP contribution in [0.4, 0.5) is 5.69 Å². The first-order chi connectivity index (χ1) is 11.4. The van der Waals surface area contributed by atoms with Gasteiger partial charge in [-0.1, -0.05) is 13.8 Å². The molecule has 6 heteroatoms. The molecule has 0 aliphatic rings. The van der Waals surface area contributed by atoms with Crippen LogP contribution in [0.2, 0.25) is 0 Å². The molecule has 6 nitrogen and oxygen atoms in total. The van der Waals surface area contributed by atoms with Crippen molar-refractivity contribution < 1.29 is 9.53 Å². The number of aromatic nitrogens is 2. The third-order valence-corrected chi connectivity index (χ3v) is 3.75. The Morgan fingerprint density at radius 1 is 1.38 bits per heavy atom. The number of nitrogens with one attached hydrogen (secondary N) is 1. The fourth-order valence-corrected chi connectivity index (χ4v) is 2.31. The number of nitrogens with zero attached hydrogens (tertiary/aromatic N) is 2. The number of carbonyl (C=O) groups is 1. The van der Waals surface area contributed by atoms with E-state index in [1.54, 1.807) is 36.0 Å². The van der Waals surface area contributed by atoms with Gasteiger partial charge in [-0.2, -0.15) is 0 Å².